The van der Waals surface area contributed by atoms with Gasteiger partial charge in [-0.3, -0.25) is 0 Å². The van der Waals surface area contributed by atoms with Crippen molar-refractivity contribution in [1.82, 2.24) is 0 Å². The summed E-state index contributed by atoms with van der Waals surface area (Å²) in [6, 6.07) is 6.55. The number of hydrogen-bond donors (Lipinski definition) is 0. The van der Waals surface area contributed by atoms with Gasteiger partial charge in [0.2, 0.25) is 0 Å². The first kappa shape index (κ1) is 24.9. The van der Waals surface area contributed by atoms with Crippen LogP contribution in [-0.4, -0.2) is 47.3 Å². The Kier molecular flexibility index (Phi) is 9.73. The van der Waals surface area contributed by atoms with Crippen LogP contribution in [0.25, 0.3) is 0 Å². The molecule has 0 N–H and O–H groups in total. The molecule has 0 spiro atoms. The molecule has 4 nitrogen and oxygen atoms in total. The Hall–Kier alpha value is -0.166. The Morgan fingerprint density at radius 2 is 1.37 bits per heavy atom. The van der Waals surface area contributed by atoms with Crippen molar-refractivity contribution in [3.05, 3.63) is 0 Å². The van der Waals surface area contributed by atoms with Crippen LogP contribution in [0, 0.1) is 12.3 Å². The fourth-order valence-corrected chi connectivity index (χ4v) is 9.40. The standard InChI is InChI=1S/C21H42O4Si2/c1-10-18(25-27(14-5,15-6)16-7)20-19(23-21(8,9)24-20)17-22-26(11-2,12-3)13-4/h1,18-20H,11-17H2,2-9H3/t18-,19-,20+/m1/s1. The molecule has 0 aromatic heterocycles. The molecule has 0 unspecified atom stereocenters. The molecule has 1 aliphatic rings. The first-order chi connectivity index (χ1) is 12.7. The summed E-state index contributed by atoms with van der Waals surface area (Å²) in [4.78, 5) is 0. The summed E-state index contributed by atoms with van der Waals surface area (Å²) in [5.74, 6) is 2.21. The van der Waals surface area contributed by atoms with Gasteiger partial charge >= 0.3 is 0 Å². The summed E-state index contributed by atoms with van der Waals surface area (Å²) in [6.45, 7) is 17.8. The first-order valence-corrected chi connectivity index (χ1v) is 15.9. The average Bonchev–Trinajstić information content (AvgIpc) is 2.99. The van der Waals surface area contributed by atoms with Gasteiger partial charge in [-0.05, 0) is 50.1 Å². The molecule has 1 saturated heterocycles. The molecule has 0 bridgehead atoms. The van der Waals surface area contributed by atoms with Crippen molar-refractivity contribution in [3.8, 4) is 12.3 Å². The van der Waals surface area contributed by atoms with Crippen LogP contribution in [0.2, 0.25) is 36.3 Å². The SMILES string of the molecule is C#C[C@@H](O[Si](CC)(CC)CC)[C@@H]1OC(C)(C)O[C@@H]1CO[Si](CC)(CC)CC. The topological polar surface area (TPSA) is 36.9 Å². The Labute approximate surface area is 169 Å². The van der Waals surface area contributed by atoms with Gasteiger partial charge in [0.25, 0.3) is 0 Å². The van der Waals surface area contributed by atoms with Crippen molar-refractivity contribution < 1.29 is 18.3 Å². The molecule has 0 aromatic carbocycles. The Morgan fingerprint density at radius 3 is 1.78 bits per heavy atom. The van der Waals surface area contributed by atoms with Gasteiger partial charge in [-0.2, -0.15) is 0 Å². The highest BCUT2D eigenvalue weighted by Crippen LogP contribution is 2.35. The van der Waals surface area contributed by atoms with E-state index in [1.165, 1.54) is 0 Å². The van der Waals surface area contributed by atoms with Crippen LogP contribution in [-0.2, 0) is 18.3 Å². The van der Waals surface area contributed by atoms with Crippen molar-refractivity contribution in [3.63, 3.8) is 0 Å². The van der Waals surface area contributed by atoms with Crippen molar-refractivity contribution in [2.45, 2.75) is 116 Å². The molecule has 0 aliphatic carbocycles. The first-order valence-electron chi connectivity index (χ1n) is 10.8. The van der Waals surface area contributed by atoms with Gasteiger partial charge in [0.1, 0.15) is 18.3 Å². The Balaban J connectivity index is 2.98. The van der Waals surface area contributed by atoms with E-state index in [4.69, 9.17) is 24.7 Å². The summed E-state index contributed by atoms with van der Waals surface area (Å²) < 4.78 is 25.5. The maximum atomic E-state index is 6.61. The number of hydrogen-bond acceptors (Lipinski definition) is 4. The molecule has 0 aromatic rings. The highest BCUT2D eigenvalue weighted by atomic mass is 28.4. The largest absolute Gasteiger partial charge is 0.414 e. The summed E-state index contributed by atoms with van der Waals surface area (Å²) >= 11 is 0. The second-order valence-electron chi connectivity index (χ2n) is 8.14. The van der Waals surface area contributed by atoms with Crippen LogP contribution in [0.5, 0.6) is 0 Å². The predicted octanol–water partition coefficient (Wildman–Crippen LogP) is 5.55. The van der Waals surface area contributed by atoms with E-state index in [2.05, 4.69) is 47.5 Å². The van der Waals surface area contributed by atoms with Crippen molar-refractivity contribution in [1.29, 1.82) is 0 Å². The summed E-state index contributed by atoms with van der Waals surface area (Å²) in [5.41, 5.74) is 0. The zero-order valence-corrected chi connectivity index (χ0v) is 20.9. The lowest BCUT2D eigenvalue weighted by atomic mass is 10.1. The number of terminal acetylenes is 1. The summed E-state index contributed by atoms with van der Waals surface area (Å²) in [5, 5.41) is 0. The maximum Gasteiger partial charge on any atom is 0.193 e. The van der Waals surface area contributed by atoms with Crippen molar-refractivity contribution in [2.24, 2.45) is 0 Å². The van der Waals surface area contributed by atoms with Gasteiger partial charge in [-0.15, -0.1) is 6.42 Å². The third kappa shape index (κ3) is 6.15. The fourth-order valence-electron chi connectivity index (χ4n) is 4.03. The highest BCUT2D eigenvalue weighted by Gasteiger charge is 2.48. The van der Waals surface area contributed by atoms with Crippen LogP contribution < -0.4 is 0 Å². The van der Waals surface area contributed by atoms with Crippen LogP contribution in [0.1, 0.15) is 55.4 Å². The third-order valence-electron chi connectivity index (χ3n) is 6.48. The normalized spacial score (nSPS) is 24.0. The molecule has 1 aliphatic heterocycles. The van der Waals surface area contributed by atoms with E-state index < -0.39 is 22.4 Å². The minimum atomic E-state index is -1.84. The van der Waals surface area contributed by atoms with E-state index in [9.17, 15) is 0 Å². The van der Waals surface area contributed by atoms with Crippen LogP contribution in [0.3, 0.4) is 0 Å². The smallest absolute Gasteiger partial charge is 0.193 e. The van der Waals surface area contributed by atoms with E-state index in [0.717, 1.165) is 36.3 Å². The molecule has 1 rings (SSSR count). The zero-order valence-electron chi connectivity index (χ0n) is 18.9. The maximum absolute atomic E-state index is 6.61. The molecule has 1 fully saturated rings. The number of ether oxygens (including phenoxy) is 2. The quantitative estimate of drug-likeness (QED) is 0.310. The predicted molar refractivity (Wildman–Crippen MR) is 118 cm³/mol. The molecule has 0 saturated carbocycles. The number of rotatable bonds is 12. The minimum Gasteiger partial charge on any atom is -0.414 e. The second-order valence-corrected chi connectivity index (χ2v) is 17.6. The van der Waals surface area contributed by atoms with E-state index >= 15 is 0 Å². The molecule has 1 heterocycles. The molecular weight excluding hydrogens is 372 g/mol. The van der Waals surface area contributed by atoms with Gasteiger partial charge in [0, 0.05) is 0 Å². The Bertz CT molecular complexity index is 465. The molecule has 158 valence electrons. The third-order valence-corrected chi connectivity index (χ3v) is 15.7. The minimum absolute atomic E-state index is 0.185. The van der Waals surface area contributed by atoms with Crippen molar-refractivity contribution >= 4 is 16.6 Å². The monoisotopic (exact) mass is 414 g/mol. The van der Waals surface area contributed by atoms with Gasteiger partial charge in [-0.1, -0.05) is 47.5 Å². The molecule has 3 atom stereocenters. The van der Waals surface area contributed by atoms with Crippen molar-refractivity contribution in [2.75, 3.05) is 6.61 Å². The van der Waals surface area contributed by atoms with E-state index in [-0.39, 0.29) is 18.3 Å². The molecule has 0 amide bonds. The van der Waals surface area contributed by atoms with Gasteiger partial charge < -0.3 is 18.3 Å². The molecule has 0 radical (unpaired) electrons. The van der Waals surface area contributed by atoms with E-state index in [1.807, 2.05) is 13.8 Å². The molecule has 27 heavy (non-hydrogen) atoms. The second kappa shape index (κ2) is 10.6. The Morgan fingerprint density at radius 1 is 0.889 bits per heavy atom. The highest BCUT2D eigenvalue weighted by molar-refractivity contribution is 6.74. The molecular formula is C21H42O4Si2. The van der Waals surface area contributed by atoms with E-state index in [1.54, 1.807) is 0 Å². The van der Waals surface area contributed by atoms with Gasteiger partial charge in [0.05, 0.1) is 6.61 Å². The summed E-state index contributed by atoms with van der Waals surface area (Å²) in [7, 11) is -3.53. The van der Waals surface area contributed by atoms with Crippen LogP contribution >= 0.6 is 0 Å². The van der Waals surface area contributed by atoms with Crippen LogP contribution in [0.4, 0.5) is 0 Å². The lowest BCUT2D eigenvalue weighted by Gasteiger charge is -2.35. The van der Waals surface area contributed by atoms with Crippen LogP contribution in [0.15, 0.2) is 0 Å². The fraction of sp³-hybridized carbons (Fsp3) is 0.905. The lowest BCUT2D eigenvalue weighted by Crippen LogP contribution is -2.48. The summed E-state index contributed by atoms with van der Waals surface area (Å²) in [6.07, 6.45) is 5.07. The lowest BCUT2D eigenvalue weighted by molar-refractivity contribution is -0.153. The van der Waals surface area contributed by atoms with E-state index in [0.29, 0.717) is 6.61 Å². The van der Waals surface area contributed by atoms with Gasteiger partial charge in [0.15, 0.2) is 22.4 Å². The molecule has 6 heteroatoms. The average molecular weight is 415 g/mol. The zero-order chi connectivity index (χ0) is 20.7. The van der Waals surface area contributed by atoms with Gasteiger partial charge in [-0.25, -0.2) is 0 Å².